The molecule has 7 N–H and O–H groups in total. The number of rotatable bonds is 12. The van der Waals surface area contributed by atoms with Crippen LogP contribution in [0.2, 0.25) is 0 Å². The lowest BCUT2D eigenvalue weighted by Crippen LogP contribution is -2.48. The molecule has 0 radical (unpaired) electrons. The third kappa shape index (κ3) is 8.80. The lowest BCUT2D eigenvalue weighted by atomic mass is 9.91. The van der Waals surface area contributed by atoms with Gasteiger partial charge in [0.2, 0.25) is 11.8 Å². The first-order valence-corrected chi connectivity index (χ1v) is 23.4. The summed E-state index contributed by atoms with van der Waals surface area (Å²) in [5.41, 5.74) is 20.7. The number of β-amino-alcohol motifs (C(OH)–C–C–N with tert-alkyl or cyclic N) is 1. The number of aromatic hydroxyl groups is 1. The summed E-state index contributed by atoms with van der Waals surface area (Å²) >= 11 is 1.60. The number of carbonyl (C=O) groups is 2. The molecule has 0 bridgehead atoms. The van der Waals surface area contributed by atoms with Gasteiger partial charge < -0.3 is 40.5 Å². The van der Waals surface area contributed by atoms with Gasteiger partial charge in [-0.3, -0.25) is 25.1 Å². The van der Waals surface area contributed by atoms with E-state index in [4.69, 9.17) is 15.4 Å². The zero-order valence-corrected chi connectivity index (χ0v) is 37.7. The average Bonchev–Trinajstić information content (AvgIpc) is 4.11. The summed E-state index contributed by atoms with van der Waals surface area (Å²) in [6.45, 7) is 12.6. The maximum absolute atomic E-state index is 14.3. The second kappa shape index (κ2) is 18.3. The molecule has 0 saturated carbocycles. The molecule has 338 valence electrons. The van der Waals surface area contributed by atoms with Crippen LogP contribution in [-0.4, -0.2) is 103 Å². The molecule has 4 atom stereocenters. The number of aliphatic hydroxyl groups excluding tert-OH is 1. The summed E-state index contributed by atoms with van der Waals surface area (Å²) in [5.74, 6) is 1.07. The van der Waals surface area contributed by atoms with Crippen LogP contribution in [0.15, 0.2) is 64.6 Å². The quantitative estimate of drug-likeness (QED) is 0.0834. The number of thiazole rings is 1. The molecule has 3 fully saturated rings. The number of nitrogens with two attached hydrogens (primary N) is 1. The molecule has 3 aromatic heterocycles. The smallest absolute Gasteiger partial charge is 0.243 e. The van der Waals surface area contributed by atoms with E-state index < -0.39 is 18.1 Å². The van der Waals surface area contributed by atoms with Crippen molar-refractivity contribution in [3.05, 3.63) is 88.4 Å². The molecule has 4 aliphatic heterocycles. The van der Waals surface area contributed by atoms with Crippen LogP contribution in [0.5, 0.6) is 5.75 Å². The van der Waals surface area contributed by atoms with Crippen molar-refractivity contribution in [3.63, 3.8) is 0 Å². The molecule has 2 aromatic carbocycles. The van der Waals surface area contributed by atoms with Crippen molar-refractivity contribution in [1.82, 2.24) is 40.5 Å². The summed E-state index contributed by atoms with van der Waals surface area (Å²) in [6.07, 6.45) is 5.34. The van der Waals surface area contributed by atoms with E-state index in [9.17, 15) is 19.8 Å². The largest absolute Gasteiger partial charge is 0.507 e. The van der Waals surface area contributed by atoms with Crippen molar-refractivity contribution in [2.45, 2.75) is 89.9 Å². The van der Waals surface area contributed by atoms with Crippen LogP contribution in [0, 0.1) is 18.8 Å². The van der Waals surface area contributed by atoms with E-state index in [1.54, 1.807) is 23.5 Å². The second-order valence-electron chi connectivity index (χ2n) is 18.2. The number of aromatic nitrogens is 4. The number of carbonyl (C=O) groups excluding carboxylic acids is 2. The Morgan fingerprint density at radius 2 is 1.77 bits per heavy atom. The van der Waals surface area contributed by atoms with Crippen LogP contribution in [0.4, 0.5) is 17.3 Å². The van der Waals surface area contributed by atoms with Crippen molar-refractivity contribution in [2.24, 2.45) is 11.8 Å². The molecule has 0 spiro atoms. The molecular formula is C47H59N11O5S. The van der Waals surface area contributed by atoms with Gasteiger partial charge >= 0.3 is 0 Å². The van der Waals surface area contributed by atoms with Crippen LogP contribution in [0.25, 0.3) is 22.2 Å². The second-order valence-corrected chi connectivity index (χ2v) is 19.1. The van der Waals surface area contributed by atoms with Crippen LogP contribution in [0.1, 0.15) is 99.2 Å². The van der Waals surface area contributed by atoms with Gasteiger partial charge in [-0.15, -0.1) is 11.3 Å². The Hall–Kier alpha value is -5.91. The number of aryl methyl sites for hydroxylation is 1. The Balaban J connectivity index is 0.774. The fourth-order valence-electron chi connectivity index (χ4n) is 9.91. The molecule has 5 aromatic rings. The molecule has 9 rings (SSSR count). The summed E-state index contributed by atoms with van der Waals surface area (Å²) in [4.78, 5) is 39.9. The van der Waals surface area contributed by atoms with Gasteiger partial charge in [-0.25, -0.2) is 4.98 Å². The predicted molar refractivity (Wildman–Crippen MR) is 248 cm³/mol. The van der Waals surface area contributed by atoms with Gasteiger partial charge in [-0.1, -0.05) is 55.4 Å². The molecule has 3 saturated heterocycles. The average molecular weight is 890 g/mol. The first-order chi connectivity index (χ1) is 30.9. The van der Waals surface area contributed by atoms with Gasteiger partial charge in [0.15, 0.2) is 17.4 Å². The van der Waals surface area contributed by atoms with E-state index in [-0.39, 0.29) is 48.5 Å². The van der Waals surface area contributed by atoms with Crippen molar-refractivity contribution < 1.29 is 24.3 Å². The number of piperidine rings is 2. The highest BCUT2D eigenvalue weighted by Gasteiger charge is 2.44. The van der Waals surface area contributed by atoms with E-state index in [1.165, 1.54) is 4.90 Å². The number of likely N-dealkylation sites (tertiary alicyclic amines) is 2. The van der Waals surface area contributed by atoms with E-state index in [0.29, 0.717) is 23.1 Å². The molecule has 4 aliphatic rings. The molecule has 16 nitrogen and oxygen atoms in total. The minimum absolute atomic E-state index is 0.0810. The van der Waals surface area contributed by atoms with E-state index in [0.717, 1.165) is 103 Å². The number of hydrogen-bond donors (Lipinski definition) is 6. The molecule has 1 unspecified atom stereocenters. The van der Waals surface area contributed by atoms with Crippen molar-refractivity contribution in [2.75, 3.05) is 55.3 Å². The number of phenolic OH excluding ortho intramolecular Hbond substituents is 1. The Kier molecular flexibility index (Phi) is 12.4. The van der Waals surface area contributed by atoms with E-state index in [1.807, 2.05) is 81.7 Å². The maximum Gasteiger partial charge on any atom is 0.243 e. The van der Waals surface area contributed by atoms with Crippen LogP contribution < -0.4 is 26.8 Å². The highest BCUT2D eigenvalue weighted by Crippen LogP contribution is 2.38. The first kappa shape index (κ1) is 43.3. The zero-order valence-electron chi connectivity index (χ0n) is 36.9. The van der Waals surface area contributed by atoms with E-state index in [2.05, 4.69) is 40.8 Å². The lowest BCUT2D eigenvalue weighted by Gasteiger charge is -2.38. The van der Waals surface area contributed by atoms with Gasteiger partial charge in [-0.2, -0.15) is 5.10 Å². The Bertz CT molecular complexity index is 2480. The van der Waals surface area contributed by atoms with Crippen LogP contribution in [0.3, 0.4) is 0 Å². The predicted octanol–water partition coefficient (Wildman–Crippen LogP) is 6.15. The van der Waals surface area contributed by atoms with Gasteiger partial charge in [0.1, 0.15) is 23.4 Å². The number of phenols is 1. The van der Waals surface area contributed by atoms with Gasteiger partial charge in [0, 0.05) is 57.3 Å². The van der Waals surface area contributed by atoms with Crippen LogP contribution >= 0.6 is 11.3 Å². The SMILES string of the molecule is Cc1ncsc1-c1ccc([C@H](C)NC(=O)[C@@H]2C[C@@H](O)CN2C(=O)C(c2cc(N3CCC(CN4CCC(n5nc(N)c6c5C=C(c5ccccc5O)NN6)CC4)CC3)no2)C(C)C)cc1. The molecule has 7 heterocycles. The highest BCUT2D eigenvalue weighted by atomic mass is 32.1. The number of fused-ring (bicyclic) bond motifs is 1. The first-order valence-electron chi connectivity index (χ1n) is 22.5. The fraction of sp³-hybridized carbons (Fsp3) is 0.468. The number of amides is 2. The van der Waals surface area contributed by atoms with Gasteiger partial charge in [-0.05, 0) is 80.7 Å². The molecule has 64 heavy (non-hydrogen) atoms. The number of hydrazine groups is 1. The summed E-state index contributed by atoms with van der Waals surface area (Å²) in [5, 5.41) is 33.5. The van der Waals surface area contributed by atoms with Crippen LogP contribution in [-0.2, 0) is 9.59 Å². The van der Waals surface area contributed by atoms with E-state index >= 15 is 0 Å². The Morgan fingerprint density at radius 3 is 2.47 bits per heavy atom. The van der Waals surface area contributed by atoms with Crippen molar-refractivity contribution in [3.8, 4) is 16.2 Å². The molecular weight excluding hydrogens is 831 g/mol. The molecule has 17 heteroatoms. The van der Waals surface area contributed by atoms with Gasteiger partial charge in [0.25, 0.3) is 0 Å². The summed E-state index contributed by atoms with van der Waals surface area (Å²) in [7, 11) is 0. The topological polar surface area (TPSA) is 203 Å². The maximum atomic E-state index is 14.3. The number of hydrogen-bond acceptors (Lipinski definition) is 14. The third-order valence-corrected chi connectivity index (χ3v) is 14.5. The highest BCUT2D eigenvalue weighted by molar-refractivity contribution is 7.13. The normalized spacial score (nSPS) is 20.7. The lowest BCUT2D eigenvalue weighted by molar-refractivity contribution is -0.141. The monoisotopic (exact) mass is 889 g/mol. The Labute approximate surface area is 377 Å². The third-order valence-electron chi connectivity index (χ3n) is 13.5. The molecule has 0 aliphatic carbocycles. The minimum Gasteiger partial charge on any atom is -0.507 e. The standard InChI is InChI=1S/C47H59N11O5S/c1-27(2)42(47(62)57-25-34(59)21-38(57)46(61)50-28(3)31-9-11-32(12-10-31)44-29(4)49-26-64-44)40-23-41(54-63-40)56-19-13-30(14-20-56)24-55-17-15-33(16-18-55)58-37-22-36(35-7-5-6-8-39(35)60)51-52-43(37)45(48)53-58/h5-12,22-23,26-28,30,33-34,38,42,51-52,59-60H,13-21,24-25H2,1-4H3,(H2,48,53)(H,50,61)/t28-,34+,38-,42?/m0/s1. The summed E-state index contributed by atoms with van der Waals surface area (Å²) in [6, 6.07) is 16.3. The Morgan fingerprint density at radius 1 is 1.02 bits per heavy atom. The van der Waals surface area contributed by atoms with Gasteiger partial charge in [0.05, 0.1) is 45.7 Å². The van der Waals surface area contributed by atoms with Crippen molar-refractivity contribution >= 4 is 52.2 Å². The number of para-hydroxylation sites is 1. The number of anilines is 3. The number of nitrogens with one attached hydrogen (secondary N) is 3. The minimum atomic E-state index is -0.804. The number of aliphatic hydroxyl groups is 1. The number of benzene rings is 2. The fourth-order valence-corrected chi connectivity index (χ4v) is 10.7. The summed E-state index contributed by atoms with van der Waals surface area (Å²) < 4.78 is 7.98. The van der Waals surface area contributed by atoms with Crippen molar-refractivity contribution in [1.29, 1.82) is 0 Å². The molecule has 2 amide bonds. The number of nitrogen functional groups attached to an aromatic ring is 1. The number of nitrogens with zero attached hydrogens (tertiary/aromatic N) is 7. The zero-order chi connectivity index (χ0) is 44.6.